The fourth-order valence-corrected chi connectivity index (χ4v) is 1.72. The Morgan fingerprint density at radius 1 is 1.40 bits per heavy atom. The molecule has 84 valence electrons. The van der Waals surface area contributed by atoms with Crippen LogP contribution in [0.1, 0.15) is 19.4 Å². The van der Waals surface area contributed by atoms with Gasteiger partial charge in [-0.15, -0.1) is 0 Å². The Morgan fingerprint density at radius 3 is 2.53 bits per heavy atom. The molecule has 0 saturated heterocycles. The van der Waals surface area contributed by atoms with Crippen molar-refractivity contribution in [2.75, 3.05) is 6.54 Å². The normalized spacial score (nSPS) is 13.2. The molecule has 0 aliphatic heterocycles. The molecule has 0 amide bonds. The Bertz CT molecular complexity index is 325. The van der Waals surface area contributed by atoms with Crippen LogP contribution >= 0.6 is 11.6 Å². The highest BCUT2D eigenvalue weighted by atomic mass is 35.5. The van der Waals surface area contributed by atoms with Crippen molar-refractivity contribution in [3.8, 4) is 0 Å². The summed E-state index contributed by atoms with van der Waals surface area (Å²) in [6.45, 7) is 4.79. The molecule has 1 nitrogen and oxygen atoms in total. The molecule has 0 aliphatic rings. The monoisotopic (exact) mass is 229 g/mol. The minimum atomic E-state index is -0.235. The molecule has 0 radical (unpaired) electrons. The van der Waals surface area contributed by atoms with Crippen LogP contribution in [0.3, 0.4) is 0 Å². The first-order valence-corrected chi connectivity index (χ1v) is 5.56. The lowest BCUT2D eigenvalue weighted by atomic mass is 9.89. The second-order valence-electron chi connectivity index (χ2n) is 4.18. The molecule has 2 N–H and O–H groups in total. The van der Waals surface area contributed by atoms with Crippen molar-refractivity contribution < 1.29 is 4.39 Å². The third-order valence-electron chi connectivity index (χ3n) is 2.74. The van der Waals surface area contributed by atoms with Crippen LogP contribution in [0.5, 0.6) is 0 Å². The fraction of sp³-hybridized carbons (Fsp3) is 0.500. The first-order chi connectivity index (χ1) is 7.04. The van der Waals surface area contributed by atoms with Crippen LogP contribution in [0, 0.1) is 17.7 Å². The van der Waals surface area contributed by atoms with E-state index in [0.717, 1.165) is 0 Å². The minimum absolute atomic E-state index is 0.235. The van der Waals surface area contributed by atoms with Gasteiger partial charge in [0.15, 0.2) is 0 Å². The molecule has 15 heavy (non-hydrogen) atoms. The van der Waals surface area contributed by atoms with Gasteiger partial charge in [-0.2, -0.15) is 0 Å². The lowest BCUT2D eigenvalue weighted by Crippen LogP contribution is -2.22. The maximum atomic E-state index is 13.5. The summed E-state index contributed by atoms with van der Waals surface area (Å²) in [5.41, 5.74) is 6.35. The lowest BCUT2D eigenvalue weighted by molar-refractivity contribution is 0.386. The molecule has 1 atom stereocenters. The van der Waals surface area contributed by atoms with Crippen LogP contribution < -0.4 is 5.73 Å². The molecule has 0 bridgehead atoms. The van der Waals surface area contributed by atoms with Crippen LogP contribution in [0.4, 0.5) is 4.39 Å². The molecular formula is C12H17ClFN. The van der Waals surface area contributed by atoms with Crippen molar-refractivity contribution in [1.29, 1.82) is 0 Å². The van der Waals surface area contributed by atoms with Gasteiger partial charge in [-0.1, -0.05) is 31.5 Å². The summed E-state index contributed by atoms with van der Waals surface area (Å²) < 4.78 is 13.5. The summed E-state index contributed by atoms with van der Waals surface area (Å²) in [6, 6.07) is 4.81. The molecule has 0 saturated carbocycles. The van der Waals surface area contributed by atoms with E-state index in [0.29, 0.717) is 35.4 Å². The van der Waals surface area contributed by atoms with Gasteiger partial charge in [0.25, 0.3) is 0 Å². The second-order valence-corrected chi connectivity index (χ2v) is 4.62. The van der Waals surface area contributed by atoms with Gasteiger partial charge in [0.2, 0.25) is 0 Å². The van der Waals surface area contributed by atoms with E-state index in [2.05, 4.69) is 13.8 Å². The average Bonchev–Trinajstić information content (AvgIpc) is 2.16. The fourth-order valence-electron chi connectivity index (χ4n) is 1.56. The summed E-state index contributed by atoms with van der Waals surface area (Å²) in [7, 11) is 0. The predicted octanol–water partition coefficient (Wildman–Crippen LogP) is 3.25. The Balaban J connectivity index is 2.79. The highest BCUT2D eigenvalue weighted by molar-refractivity contribution is 6.30. The van der Waals surface area contributed by atoms with E-state index in [1.807, 2.05) is 0 Å². The number of benzene rings is 1. The van der Waals surface area contributed by atoms with Crippen molar-refractivity contribution in [2.45, 2.75) is 20.3 Å². The topological polar surface area (TPSA) is 26.0 Å². The van der Waals surface area contributed by atoms with Gasteiger partial charge < -0.3 is 5.73 Å². The maximum Gasteiger partial charge on any atom is 0.127 e. The van der Waals surface area contributed by atoms with E-state index >= 15 is 0 Å². The van der Waals surface area contributed by atoms with Gasteiger partial charge in [0, 0.05) is 5.02 Å². The van der Waals surface area contributed by atoms with Crippen molar-refractivity contribution in [2.24, 2.45) is 17.6 Å². The van der Waals surface area contributed by atoms with Crippen molar-refractivity contribution in [1.82, 2.24) is 0 Å². The van der Waals surface area contributed by atoms with E-state index in [9.17, 15) is 4.39 Å². The zero-order chi connectivity index (χ0) is 11.4. The molecule has 0 spiro atoms. The highest BCUT2D eigenvalue weighted by Gasteiger charge is 2.14. The number of hydrogen-bond acceptors (Lipinski definition) is 1. The maximum absolute atomic E-state index is 13.5. The van der Waals surface area contributed by atoms with Gasteiger partial charge in [0.05, 0.1) is 0 Å². The summed E-state index contributed by atoms with van der Waals surface area (Å²) in [5.74, 6) is 0.548. The van der Waals surface area contributed by atoms with E-state index in [1.165, 1.54) is 6.07 Å². The second kappa shape index (κ2) is 5.47. The molecule has 0 aromatic heterocycles. The van der Waals surface area contributed by atoms with Gasteiger partial charge >= 0.3 is 0 Å². The minimum Gasteiger partial charge on any atom is -0.330 e. The standard InChI is InChI=1S/C12H17ClFN/c1-8(2)10(7-15)5-9-3-4-11(13)6-12(9)14/h3-4,6,8,10H,5,7,15H2,1-2H3. The van der Waals surface area contributed by atoms with Crippen LogP contribution in [-0.2, 0) is 6.42 Å². The number of halogens is 2. The average molecular weight is 230 g/mol. The molecule has 1 aromatic rings. The first kappa shape index (κ1) is 12.5. The largest absolute Gasteiger partial charge is 0.330 e. The van der Waals surface area contributed by atoms with Crippen molar-refractivity contribution in [3.05, 3.63) is 34.6 Å². The van der Waals surface area contributed by atoms with Crippen LogP contribution in [0.2, 0.25) is 5.02 Å². The van der Waals surface area contributed by atoms with E-state index < -0.39 is 0 Å². The lowest BCUT2D eigenvalue weighted by Gasteiger charge is -2.19. The Labute approximate surface area is 95.4 Å². The molecule has 1 unspecified atom stereocenters. The third kappa shape index (κ3) is 3.47. The van der Waals surface area contributed by atoms with Crippen LogP contribution in [0.15, 0.2) is 18.2 Å². The van der Waals surface area contributed by atoms with Gasteiger partial charge in [0.1, 0.15) is 5.82 Å². The number of hydrogen-bond donors (Lipinski definition) is 1. The van der Waals surface area contributed by atoms with E-state index in [1.54, 1.807) is 12.1 Å². The summed E-state index contributed by atoms with van der Waals surface area (Å²) in [5, 5.41) is 0.435. The summed E-state index contributed by atoms with van der Waals surface area (Å²) in [4.78, 5) is 0. The molecule has 0 aliphatic carbocycles. The zero-order valence-corrected chi connectivity index (χ0v) is 9.89. The van der Waals surface area contributed by atoms with Gasteiger partial charge in [-0.05, 0) is 42.5 Å². The van der Waals surface area contributed by atoms with Crippen molar-refractivity contribution >= 4 is 11.6 Å². The van der Waals surface area contributed by atoms with Gasteiger partial charge in [-0.3, -0.25) is 0 Å². The molecule has 3 heteroatoms. The number of nitrogens with two attached hydrogens (primary N) is 1. The van der Waals surface area contributed by atoms with Crippen molar-refractivity contribution in [3.63, 3.8) is 0 Å². The van der Waals surface area contributed by atoms with Crippen LogP contribution in [0.25, 0.3) is 0 Å². The zero-order valence-electron chi connectivity index (χ0n) is 9.13. The molecule has 1 rings (SSSR count). The SMILES string of the molecule is CC(C)C(CN)Cc1ccc(Cl)cc1F. The molecule has 0 fully saturated rings. The first-order valence-electron chi connectivity index (χ1n) is 5.18. The number of rotatable bonds is 4. The Morgan fingerprint density at radius 2 is 2.07 bits per heavy atom. The Hall–Kier alpha value is -0.600. The quantitative estimate of drug-likeness (QED) is 0.843. The summed E-state index contributed by atoms with van der Waals surface area (Å²) in [6.07, 6.45) is 0.678. The molecule has 1 aromatic carbocycles. The summed E-state index contributed by atoms with van der Waals surface area (Å²) >= 11 is 5.69. The van der Waals surface area contributed by atoms with Gasteiger partial charge in [-0.25, -0.2) is 4.39 Å². The Kier molecular flexibility index (Phi) is 4.55. The highest BCUT2D eigenvalue weighted by Crippen LogP contribution is 2.20. The smallest absolute Gasteiger partial charge is 0.127 e. The van der Waals surface area contributed by atoms with Crippen LogP contribution in [-0.4, -0.2) is 6.54 Å². The third-order valence-corrected chi connectivity index (χ3v) is 2.98. The van der Waals surface area contributed by atoms with E-state index in [-0.39, 0.29) is 5.82 Å². The molecule has 0 heterocycles. The van der Waals surface area contributed by atoms with E-state index in [4.69, 9.17) is 17.3 Å². The predicted molar refractivity (Wildman–Crippen MR) is 62.5 cm³/mol. The molecular weight excluding hydrogens is 213 g/mol.